The van der Waals surface area contributed by atoms with Crippen molar-refractivity contribution in [3.63, 3.8) is 0 Å². The van der Waals surface area contributed by atoms with E-state index >= 15 is 0 Å². The third-order valence-corrected chi connectivity index (χ3v) is 13.6. The van der Waals surface area contributed by atoms with Crippen LogP contribution in [0.5, 0.6) is 0 Å². The molecule has 312 valence electrons. The fourth-order valence-corrected chi connectivity index (χ4v) is 10.7. The van der Waals surface area contributed by atoms with Gasteiger partial charge in [-0.05, 0) is 114 Å². The highest BCUT2D eigenvalue weighted by atomic mass is 15.0. The third-order valence-electron chi connectivity index (χ3n) is 13.6. The number of allylic oxidation sites excluding steroid dienone is 6. The number of fused-ring (bicyclic) bond motifs is 8. The van der Waals surface area contributed by atoms with Crippen LogP contribution in [0.15, 0.2) is 230 Å². The second-order valence-electron chi connectivity index (χ2n) is 17.5. The molecular formula is C63H45N3. The molecule has 12 rings (SSSR count). The van der Waals surface area contributed by atoms with E-state index in [0.717, 1.165) is 38.9 Å². The minimum absolute atomic E-state index is 0.105. The van der Waals surface area contributed by atoms with E-state index in [1.54, 1.807) is 0 Å². The summed E-state index contributed by atoms with van der Waals surface area (Å²) < 4.78 is 0. The zero-order valence-corrected chi connectivity index (χ0v) is 36.9. The Kier molecular flexibility index (Phi) is 9.57. The van der Waals surface area contributed by atoms with Crippen molar-refractivity contribution in [3.05, 3.63) is 262 Å². The van der Waals surface area contributed by atoms with E-state index in [2.05, 4.69) is 226 Å². The minimum Gasteiger partial charge on any atom is -0.208 e. The van der Waals surface area contributed by atoms with Crippen molar-refractivity contribution in [2.75, 3.05) is 0 Å². The third kappa shape index (κ3) is 6.38. The van der Waals surface area contributed by atoms with E-state index in [0.29, 0.717) is 17.5 Å². The molecule has 3 aliphatic carbocycles. The molecule has 1 unspecified atom stereocenters. The summed E-state index contributed by atoms with van der Waals surface area (Å²) in [5.74, 6) is 2.01. The SMILES string of the molecule is C\C=C/C=C1/C(=C2\C=c3ccc(-c4nc(-c5ccccc5)nc(-c5cc(-c6ccccc6)cc(-c6ccccc6)c5)n4)cc3=CC2C)C2(c3ccccc31)c1ccccc1-c1ccccc12. The molecule has 0 saturated carbocycles. The second kappa shape index (κ2) is 16.1. The lowest BCUT2D eigenvalue weighted by atomic mass is 9.67. The van der Waals surface area contributed by atoms with Crippen LogP contribution in [0.4, 0.5) is 0 Å². The summed E-state index contributed by atoms with van der Waals surface area (Å²) in [5, 5.41) is 2.34. The molecule has 3 aliphatic rings. The Hall–Kier alpha value is -8.27. The number of nitrogens with zero attached hydrogens (tertiary/aromatic N) is 3. The van der Waals surface area contributed by atoms with Crippen molar-refractivity contribution in [3.8, 4) is 67.5 Å². The predicted molar refractivity (Wildman–Crippen MR) is 272 cm³/mol. The van der Waals surface area contributed by atoms with Gasteiger partial charge in [-0.25, -0.2) is 15.0 Å². The van der Waals surface area contributed by atoms with Gasteiger partial charge in [0.05, 0.1) is 5.41 Å². The molecule has 0 amide bonds. The number of rotatable bonds is 6. The lowest BCUT2D eigenvalue weighted by Gasteiger charge is -2.34. The van der Waals surface area contributed by atoms with Gasteiger partial charge in [-0.1, -0.05) is 213 Å². The van der Waals surface area contributed by atoms with Gasteiger partial charge in [-0.15, -0.1) is 0 Å². The summed E-state index contributed by atoms with van der Waals surface area (Å²) in [5.41, 5.74) is 18.7. The Morgan fingerprint density at radius 1 is 0.424 bits per heavy atom. The molecule has 1 heterocycles. The molecule has 9 aromatic rings. The Labute approximate surface area is 385 Å². The van der Waals surface area contributed by atoms with Gasteiger partial charge in [-0.2, -0.15) is 0 Å². The van der Waals surface area contributed by atoms with Crippen LogP contribution in [0.25, 0.3) is 85.3 Å². The van der Waals surface area contributed by atoms with Crippen LogP contribution in [-0.2, 0) is 5.41 Å². The maximum atomic E-state index is 5.30. The molecule has 3 heteroatoms. The second-order valence-corrected chi connectivity index (χ2v) is 17.5. The number of hydrogen-bond acceptors (Lipinski definition) is 3. The first-order valence-electron chi connectivity index (χ1n) is 22.9. The molecule has 0 N–H and O–H groups in total. The molecule has 0 bridgehead atoms. The average molecular weight is 844 g/mol. The first-order chi connectivity index (χ1) is 32.6. The van der Waals surface area contributed by atoms with Crippen LogP contribution in [0, 0.1) is 5.92 Å². The molecule has 1 aromatic heterocycles. The molecule has 1 spiro atoms. The number of hydrogen-bond donors (Lipinski definition) is 0. The highest BCUT2D eigenvalue weighted by molar-refractivity contribution is 6.02. The molecule has 8 aromatic carbocycles. The fraction of sp³-hybridized carbons (Fsp3) is 0.0635. The van der Waals surface area contributed by atoms with Crippen LogP contribution in [-0.4, -0.2) is 15.0 Å². The molecular weight excluding hydrogens is 799 g/mol. The standard InChI is InChI=1S/C63H45N3/c1-3-4-26-54-53-29-16-19-32-58(53)63(56-30-17-14-27-51(56)52-28-15-18-31-57(52)63)59(54)55-40-45-33-34-46(36-47(45)35-41(55)2)61-64-60(44-24-12-7-13-25-44)65-62(66-61)50-38-48(42-20-8-5-9-21-42)37-49(39-50)43-22-10-6-11-23-43/h3-41H,1-2H3/b4-3-,54-26+,59-55-. The monoisotopic (exact) mass is 843 g/mol. The van der Waals surface area contributed by atoms with Crippen molar-refractivity contribution in [2.24, 2.45) is 5.92 Å². The maximum absolute atomic E-state index is 5.30. The van der Waals surface area contributed by atoms with Crippen molar-refractivity contribution >= 4 is 17.7 Å². The fourth-order valence-electron chi connectivity index (χ4n) is 10.7. The summed E-state index contributed by atoms with van der Waals surface area (Å²) in [7, 11) is 0. The predicted octanol–water partition coefficient (Wildman–Crippen LogP) is 13.7. The van der Waals surface area contributed by atoms with Gasteiger partial charge in [0.1, 0.15) is 0 Å². The van der Waals surface area contributed by atoms with Gasteiger partial charge in [0.2, 0.25) is 0 Å². The van der Waals surface area contributed by atoms with E-state index in [4.69, 9.17) is 15.0 Å². The van der Waals surface area contributed by atoms with Gasteiger partial charge in [0.25, 0.3) is 0 Å². The van der Waals surface area contributed by atoms with Gasteiger partial charge in [-0.3, -0.25) is 0 Å². The van der Waals surface area contributed by atoms with Crippen LogP contribution in [0.1, 0.15) is 36.1 Å². The zero-order valence-electron chi connectivity index (χ0n) is 36.9. The number of benzene rings is 8. The molecule has 0 fully saturated rings. The van der Waals surface area contributed by atoms with Crippen molar-refractivity contribution < 1.29 is 0 Å². The van der Waals surface area contributed by atoms with Crippen LogP contribution >= 0.6 is 0 Å². The Bertz CT molecular complexity index is 3500. The normalized spacial score (nSPS) is 16.9. The molecule has 66 heavy (non-hydrogen) atoms. The quantitative estimate of drug-likeness (QED) is 0.167. The minimum atomic E-state index is -0.462. The van der Waals surface area contributed by atoms with E-state index in [9.17, 15) is 0 Å². The van der Waals surface area contributed by atoms with E-state index in [1.807, 2.05) is 18.2 Å². The molecule has 3 nitrogen and oxygen atoms in total. The van der Waals surface area contributed by atoms with Gasteiger partial charge >= 0.3 is 0 Å². The Morgan fingerprint density at radius 2 is 0.894 bits per heavy atom. The lowest BCUT2D eigenvalue weighted by Crippen LogP contribution is -2.32. The molecule has 0 aliphatic heterocycles. The molecule has 0 saturated heterocycles. The summed E-state index contributed by atoms with van der Waals surface area (Å²) in [6, 6.07) is 71.8. The Morgan fingerprint density at radius 3 is 1.47 bits per heavy atom. The highest BCUT2D eigenvalue weighted by Gasteiger charge is 2.54. The van der Waals surface area contributed by atoms with Crippen molar-refractivity contribution in [2.45, 2.75) is 19.3 Å². The maximum Gasteiger partial charge on any atom is 0.164 e. The van der Waals surface area contributed by atoms with Crippen molar-refractivity contribution in [1.82, 2.24) is 15.0 Å². The number of aromatic nitrogens is 3. The van der Waals surface area contributed by atoms with Crippen molar-refractivity contribution in [1.29, 1.82) is 0 Å². The van der Waals surface area contributed by atoms with Crippen LogP contribution in [0.2, 0.25) is 0 Å². The Balaban J connectivity index is 1.05. The zero-order chi connectivity index (χ0) is 44.2. The topological polar surface area (TPSA) is 38.7 Å². The molecule has 0 radical (unpaired) electrons. The van der Waals surface area contributed by atoms with E-state index in [1.165, 1.54) is 60.5 Å². The highest BCUT2D eigenvalue weighted by Crippen LogP contribution is 2.65. The van der Waals surface area contributed by atoms with Gasteiger partial charge in [0.15, 0.2) is 17.5 Å². The molecule has 1 atom stereocenters. The van der Waals surface area contributed by atoms with Gasteiger partial charge < -0.3 is 0 Å². The smallest absolute Gasteiger partial charge is 0.164 e. The van der Waals surface area contributed by atoms with E-state index < -0.39 is 5.41 Å². The van der Waals surface area contributed by atoms with E-state index in [-0.39, 0.29) is 5.92 Å². The largest absolute Gasteiger partial charge is 0.208 e. The summed E-state index contributed by atoms with van der Waals surface area (Å²) in [4.78, 5) is 15.7. The first-order valence-corrected chi connectivity index (χ1v) is 22.9. The van der Waals surface area contributed by atoms with Crippen LogP contribution < -0.4 is 10.4 Å². The average Bonchev–Trinajstić information content (AvgIpc) is 3.85. The summed E-state index contributed by atoms with van der Waals surface area (Å²) in [6.07, 6.45) is 11.6. The van der Waals surface area contributed by atoms with Crippen LogP contribution in [0.3, 0.4) is 0 Å². The van der Waals surface area contributed by atoms with Gasteiger partial charge in [0, 0.05) is 22.6 Å². The summed E-state index contributed by atoms with van der Waals surface area (Å²) in [6.45, 7) is 4.45. The first kappa shape index (κ1) is 39.3. The summed E-state index contributed by atoms with van der Waals surface area (Å²) >= 11 is 0. The lowest BCUT2D eigenvalue weighted by molar-refractivity contribution is 0.770.